The van der Waals surface area contributed by atoms with Gasteiger partial charge in [0.1, 0.15) is 13.2 Å². The summed E-state index contributed by atoms with van der Waals surface area (Å²) in [6.07, 6.45) is 101. The third-order valence-corrected chi connectivity index (χ3v) is 14.0. The van der Waals surface area contributed by atoms with Crippen molar-refractivity contribution >= 4 is 17.9 Å². The number of unbranched alkanes of at least 4 members (excludes halogenated alkanes) is 23. The first kappa shape index (κ1) is 78.0. The lowest BCUT2D eigenvalue weighted by Crippen LogP contribution is -2.30. The Labute approximate surface area is 511 Å². The SMILES string of the molecule is CC/C=C\C/C=C\C/C=C\C/C=C\C/C=C\C/C=C\C/C=C\C/C=C\C/C=C\C/C=C\CCCCCCC(=O)OCC(COC(=O)CCCCCCC/C=C\CCCCCC)OC(=O)CCCCCCCCC/C=C\C/C=C\CCCCC. The van der Waals surface area contributed by atoms with E-state index in [1.54, 1.807) is 0 Å². The van der Waals surface area contributed by atoms with Gasteiger partial charge >= 0.3 is 17.9 Å². The van der Waals surface area contributed by atoms with Gasteiger partial charge in [-0.2, -0.15) is 0 Å². The fraction of sp³-hybridized carbons (Fsp3) is 0.623. The van der Waals surface area contributed by atoms with E-state index in [-0.39, 0.29) is 31.1 Å². The number of esters is 3. The molecule has 0 aliphatic carbocycles. The highest BCUT2D eigenvalue weighted by Gasteiger charge is 2.19. The summed E-state index contributed by atoms with van der Waals surface area (Å²) in [7, 11) is 0. The lowest BCUT2D eigenvalue weighted by molar-refractivity contribution is -0.167. The van der Waals surface area contributed by atoms with Gasteiger partial charge in [-0.3, -0.25) is 14.4 Å². The lowest BCUT2D eigenvalue weighted by Gasteiger charge is -2.18. The number of carbonyl (C=O) groups excluding carboxylic acids is 3. The smallest absolute Gasteiger partial charge is 0.306 e. The molecule has 1 unspecified atom stereocenters. The highest BCUT2D eigenvalue weighted by atomic mass is 16.6. The van der Waals surface area contributed by atoms with Crippen molar-refractivity contribution in [3.63, 3.8) is 0 Å². The standard InChI is InChI=1S/C77H124O6/c1-4-7-10-13-16-19-22-25-27-29-30-31-32-33-34-35-36-37-38-39-40-41-42-43-44-45-46-48-49-52-55-58-61-64-67-70-76(79)82-73-74(72-81-75(78)69-66-63-60-57-54-51-24-21-18-15-12-9-6-3)83-77(80)71-68-65-62-59-56-53-50-47-28-26-23-20-17-14-11-8-5-2/h7,10,16-17,19-21,24-28,30-31,33-34,36-37,39-40,42-43,45-46,49,52,74H,4-6,8-9,11-15,18,22-23,29,32,35,38,41,44,47-48,50-51,53-73H2,1-3H3/b10-7-,19-16-,20-17-,24-21-,27-25-,28-26-,31-30-,34-33-,37-36-,40-39-,43-42-,46-45-,52-49-. The number of ether oxygens (including phenoxy) is 3. The Morgan fingerprint density at radius 3 is 0.771 bits per heavy atom. The number of rotatable bonds is 60. The summed E-state index contributed by atoms with van der Waals surface area (Å²) < 4.78 is 16.9. The topological polar surface area (TPSA) is 78.9 Å². The van der Waals surface area contributed by atoms with E-state index in [0.29, 0.717) is 19.3 Å². The van der Waals surface area contributed by atoms with Crippen LogP contribution < -0.4 is 0 Å². The molecule has 0 saturated heterocycles. The molecule has 0 aliphatic heterocycles. The molecule has 0 saturated carbocycles. The maximum Gasteiger partial charge on any atom is 0.306 e. The lowest BCUT2D eigenvalue weighted by atomic mass is 10.1. The van der Waals surface area contributed by atoms with Gasteiger partial charge in [-0.25, -0.2) is 0 Å². The van der Waals surface area contributed by atoms with E-state index in [1.165, 1.54) is 89.9 Å². The van der Waals surface area contributed by atoms with Gasteiger partial charge < -0.3 is 14.2 Å². The minimum absolute atomic E-state index is 0.0982. The second-order valence-electron chi connectivity index (χ2n) is 22.0. The molecule has 0 fully saturated rings. The van der Waals surface area contributed by atoms with Crippen molar-refractivity contribution in [2.24, 2.45) is 0 Å². The van der Waals surface area contributed by atoms with Crippen molar-refractivity contribution in [3.05, 3.63) is 158 Å². The largest absolute Gasteiger partial charge is 0.462 e. The summed E-state index contributed by atoms with van der Waals surface area (Å²) >= 11 is 0. The zero-order chi connectivity index (χ0) is 59.9. The second-order valence-corrected chi connectivity index (χ2v) is 22.0. The van der Waals surface area contributed by atoms with Crippen LogP contribution in [0.25, 0.3) is 0 Å². The van der Waals surface area contributed by atoms with Crippen molar-refractivity contribution in [1.29, 1.82) is 0 Å². The molecule has 0 aliphatic rings. The van der Waals surface area contributed by atoms with Crippen LogP contribution in [0.2, 0.25) is 0 Å². The predicted molar refractivity (Wildman–Crippen MR) is 362 cm³/mol. The van der Waals surface area contributed by atoms with Crippen LogP contribution in [0.1, 0.15) is 290 Å². The quantitative estimate of drug-likeness (QED) is 0.0261. The number of carbonyl (C=O) groups is 3. The molecular weight excluding hydrogens is 1020 g/mol. The Bertz CT molecular complexity index is 1840. The highest BCUT2D eigenvalue weighted by Crippen LogP contribution is 2.14. The summed E-state index contributed by atoms with van der Waals surface area (Å²) in [4.78, 5) is 38.3. The molecule has 0 aromatic carbocycles. The predicted octanol–water partition coefficient (Wildman–Crippen LogP) is 23.7. The monoisotopic (exact) mass is 1140 g/mol. The molecule has 468 valence electrons. The highest BCUT2D eigenvalue weighted by molar-refractivity contribution is 5.71. The van der Waals surface area contributed by atoms with E-state index in [9.17, 15) is 14.4 Å². The Morgan fingerprint density at radius 1 is 0.253 bits per heavy atom. The van der Waals surface area contributed by atoms with Gasteiger partial charge in [0.2, 0.25) is 0 Å². The van der Waals surface area contributed by atoms with E-state index >= 15 is 0 Å². The molecule has 6 heteroatoms. The Hall–Kier alpha value is -4.97. The summed E-state index contributed by atoms with van der Waals surface area (Å²) in [6.45, 7) is 6.45. The molecular formula is C77H124O6. The van der Waals surface area contributed by atoms with Crippen LogP contribution >= 0.6 is 0 Å². The van der Waals surface area contributed by atoms with Gasteiger partial charge in [-0.15, -0.1) is 0 Å². The Balaban J connectivity index is 4.35. The van der Waals surface area contributed by atoms with Crippen molar-refractivity contribution in [3.8, 4) is 0 Å². The molecule has 0 radical (unpaired) electrons. The fourth-order valence-electron chi connectivity index (χ4n) is 8.91. The maximum absolute atomic E-state index is 12.9. The molecule has 1 atom stereocenters. The summed E-state index contributed by atoms with van der Waals surface area (Å²) in [6, 6.07) is 0. The first-order chi connectivity index (χ1) is 41.0. The third kappa shape index (κ3) is 67.7. The van der Waals surface area contributed by atoms with Crippen LogP contribution in [0.15, 0.2) is 158 Å². The van der Waals surface area contributed by atoms with Gasteiger partial charge in [-0.05, 0) is 154 Å². The average Bonchev–Trinajstić information content (AvgIpc) is 3.49. The van der Waals surface area contributed by atoms with Crippen LogP contribution in [0.5, 0.6) is 0 Å². The molecule has 0 rings (SSSR count). The van der Waals surface area contributed by atoms with E-state index in [4.69, 9.17) is 14.2 Å². The van der Waals surface area contributed by atoms with E-state index in [1.807, 2.05) is 0 Å². The van der Waals surface area contributed by atoms with Gasteiger partial charge in [-0.1, -0.05) is 275 Å². The first-order valence-electron chi connectivity index (χ1n) is 34.0. The van der Waals surface area contributed by atoms with Crippen LogP contribution in [0, 0.1) is 0 Å². The summed E-state index contributed by atoms with van der Waals surface area (Å²) in [5.41, 5.74) is 0. The molecule has 0 spiro atoms. The van der Waals surface area contributed by atoms with Crippen LogP contribution in [-0.2, 0) is 28.6 Å². The first-order valence-corrected chi connectivity index (χ1v) is 34.0. The molecule has 0 N–H and O–H groups in total. The van der Waals surface area contributed by atoms with Crippen molar-refractivity contribution in [2.75, 3.05) is 13.2 Å². The van der Waals surface area contributed by atoms with E-state index in [0.717, 1.165) is 161 Å². The van der Waals surface area contributed by atoms with Crippen LogP contribution in [0.3, 0.4) is 0 Å². The molecule has 0 amide bonds. The van der Waals surface area contributed by atoms with Gasteiger partial charge in [0, 0.05) is 19.3 Å². The van der Waals surface area contributed by atoms with Crippen LogP contribution in [0.4, 0.5) is 0 Å². The molecule has 6 nitrogen and oxygen atoms in total. The van der Waals surface area contributed by atoms with Gasteiger partial charge in [0.25, 0.3) is 0 Å². The minimum atomic E-state index is -0.804. The number of allylic oxidation sites excluding steroid dienone is 26. The maximum atomic E-state index is 12.9. The zero-order valence-corrected chi connectivity index (χ0v) is 53.7. The molecule has 0 aromatic rings. The number of hydrogen-bond acceptors (Lipinski definition) is 6. The fourth-order valence-corrected chi connectivity index (χ4v) is 8.91. The summed E-state index contributed by atoms with van der Waals surface area (Å²) in [5.74, 6) is -0.940. The summed E-state index contributed by atoms with van der Waals surface area (Å²) in [5, 5.41) is 0. The normalized spacial score (nSPS) is 13.1. The molecule has 83 heavy (non-hydrogen) atoms. The van der Waals surface area contributed by atoms with Gasteiger partial charge in [0.15, 0.2) is 6.10 Å². The van der Waals surface area contributed by atoms with Crippen molar-refractivity contribution in [2.45, 2.75) is 297 Å². The molecule has 0 aromatic heterocycles. The van der Waals surface area contributed by atoms with Crippen molar-refractivity contribution < 1.29 is 28.6 Å². The zero-order valence-electron chi connectivity index (χ0n) is 53.7. The average molecular weight is 1150 g/mol. The van der Waals surface area contributed by atoms with Gasteiger partial charge in [0.05, 0.1) is 0 Å². The van der Waals surface area contributed by atoms with E-state index in [2.05, 4.69) is 179 Å². The minimum Gasteiger partial charge on any atom is -0.462 e. The Kier molecular flexibility index (Phi) is 65.4. The van der Waals surface area contributed by atoms with Crippen molar-refractivity contribution in [1.82, 2.24) is 0 Å². The van der Waals surface area contributed by atoms with E-state index < -0.39 is 6.10 Å². The number of hydrogen-bond donors (Lipinski definition) is 0. The van der Waals surface area contributed by atoms with Crippen LogP contribution in [-0.4, -0.2) is 37.2 Å². The second kappa shape index (κ2) is 69.5. The Morgan fingerprint density at radius 2 is 0.470 bits per heavy atom. The third-order valence-electron chi connectivity index (χ3n) is 14.0. The molecule has 0 heterocycles. The molecule has 0 bridgehead atoms.